The molecule has 0 saturated heterocycles. The van der Waals surface area contributed by atoms with Crippen LogP contribution in [-0.4, -0.2) is 31.3 Å². The first-order chi connectivity index (χ1) is 8.58. The van der Waals surface area contributed by atoms with Gasteiger partial charge in [0, 0.05) is 24.9 Å². The van der Waals surface area contributed by atoms with Crippen molar-refractivity contribution in [3.8, 4) is 5.75 Å². The van der Waals surface area contributed by atoms with Gasteiger partial charge in [0.15, 0.2) is 0 Å². The Labute approximate surface area is 107 Å². The molecule has 0 heterocycles. The minimum Gasteiger partial charge on any atom is -0.497 e. The Morgan fingerprint density at radius 1 is 1.56 bits per heavy atom. The van der Waals surface area contributed by atoms with Gasteiger partial charge >= 0.3 is 0 Å². The number of carbonyl (C=O) groups excluding carboxylic acids is 1. The highest BCUT2D eigenvalue weighted by Crippen LogP contribution is 2.19. The fourth-order valence-corrected chi connectivity index (χ4v) is 1.56. The highest BCUT2D eigenvalue weighted by atomic mass is 16.5. The van der Waals surface area contributed by atoms with Gasteiger partial charge in [-0.25, -0.2) is 0 Å². The zero-order valence-electron chi connectivity index (χ0n) is 10.8. The number of rotatable bonds is 6. The normalized spacial score (nSPS) is 11.9. The molecule has 0 spiro atoms. The van der Waals surface area contributed by atoms with Crippen LogP contribution in [0, 0.1) is 5.92 Å². The molecular formula is C13H20N2O3. The van der Waals surface area contributed by atoms with Crippen molar-refractivity contribution >= 4 is 11.6 Å². The predicted octanol–water partition coefficient (Wildman–Crippen LogP) is 1.03. The van der Waals surface area contributed by atoms with Crippen molar-refractivity contribution in [1.82, 2.24) is 5.32 Å². The minimum absolute atomic E-state index is 0.127. The van der Waals surface area contributed by atoms with E-state index in [0.29, 0.717) is 30.0 Å². The van der Waals surface area contributed by atoms with Gasteiger partial charge in [-0.1, -0.05) is 6.92 Å². The maximum absolute atomic E-state index is 11.9. The van der Waals surface area contributed by atoms with Crippen molar-refractivity contribution in [3.63, 3.8) is 0 Å². The van der Waals surface area contributed by atoms with Crippen molar-refractivity contribution in [1.29, 1.82) is 0 Å². The highest BCUT2D eigenvalue weighted by Gasteiger charge is 2.11. The van der Waals surface area contributed by atoms with Crippen LogP contribution < -0.4 is 15.8 Å². The van der Waals surface area contributed by atoms with Crippen LogP contribution in [0.15, 0.2) is 18.2 Å². The summed E-state index contributed by atoms with van der Waals surface area (Å²) in [6, 6.07) is 4.95. The molecule has 1 aromatic carbocycles. The lowest BCUT2D eigenvalue weighted by molar-refractivity contribution is 0.0946. The number of carbonyl (C=O) groups is 1. The second kappa shape index (κ2) is 6.86. The smallest absolute Gasteiger partial charge is 0.253 e. The first-order valence-electron chi connectivity index (χ1n) is 5.91. The zero-order valence-corrected chi connectivity index (χ0v) is 10.8. The topological polar surface area (TPSA) is 84.6 Å². The van der Waals surface area contributed by atoms with E-state index in [2.05, 4.69) is 5.32 Å². The number of anilines is 1. The van der Waals surface area contributed by atoms with Gasteiger partial charge in [0.25, 0.3) is 5.91 Å². The van der Waals surface area contributed by atoms with Crippen LogP contribution in [0.4, 0.5) is 5.69 Å². The molecule has 4 N–H and O–H groups in total. The van der Waals surface area contributed by atoms with E-state index in [4.69, 9.17) is 15.6 Å². The number of amides is 1. The van der Waals surface area contributed by atoms with E-state index in [9.17, 15) is 4.79 Å². The number of benzene rings is 1. The Morgan fingerprint density at radius 2 is 2.28 bits per heavy atom. The van der Waals surface area contributed by atoms with Crippen molar-refractivity contribution in [2.75, 3.05) is 26.0 Å². The number of hydrogen-bond donors (Lipinski definition) is 3. The van der Waals surface area contributed by atoms with Crippen molar-refractivity contribution < 1.29 is 14.6 Å². The molecule has 1 rings (SSSR count). The van der Waals surface area contributed by atoms with Gasteiger partial charge in [-0.05, 0) is 24.5 Å². The van der Waals surface area contributed by atoms with Crippen LogP contribution in [-0.2, 0) is 0 Å². The Kier molecular flexibility index (Phi) is 5.45. The van der Waals surface area contributed by atoms with Gasteiger partial charge in [-0.15, -0.1) is 0 Å². The predicted molar refractivity (Wildman–Crippen MR) is 70.6 cm³/mol. The van der Waals surface area contributed by atoms with Gasteiger partial charge in [0.1, 0.15) is 5.75 Å². The van der Waals surface area contributed by atoms with Crippen LogP contribution in [0.25, 0.3) is 0 Å². The molecule has 0 aliphatic carbocycles. The molecular weight excluding hydrogens is 232 g/mol. The summed E-state index contributed by atoms with van der Waals surface area (Å²) in [4.78, 5) is 11.9. The van der Waals surface area contributed by atoms with Crippen molar-refractivity contribution in [3.05, 3.63) is 23.8 Å². The number of ether oxygens (including phenoxy) is 1. The van der Waals surface area contributed by atoms with E-state index >= 15 is 0 Å². The lowest BCUT2D eigenvalue weighted by Crippen LogP contribution is -2.29. The summed E-state index contributed by atoms with van der Waals surface area (Å²) >= 11 is 0. The molecule has 1 atom stereocenters. The maximum atomic E-state index is 11.9. The number of nitrogens with one attached hydrogen (secondary N) is 1. The molecule has 0 aliphatic heterocycles. The summed E-state index contributed by atoms with van der Waals surface area (Å²) in [5, 5.41) is 11.6. The van der Waals surface area contributed by atoms with Crippen LogP contribution in [0.3, 0.4) is 0 Å². The number of methoxy groups -OCH3 is 1. The number of aliphatic hydroxyl groups excluding tert-OH is 1. The molecule has 1 unspecified atom stereocenters. The summed E-state index contributed by atoms with van der Waals surface area (Å²) in [5.41, 5.74) is 6.61. The molecule has 1 amide bonds. The molecule has 1 aromatic rings. The molecule has 0 aromatic heterocycles. The second-order valence-corrected chi connectivity index (χ2v) is 4.28. The lowest BCUT2D eigenvalue weighted by Gasteiger charge is -2.12. The first kappa shape index (κ1) is 14.3. The van der Waals surface area contributed by atoms with E-state index in [0.717, 1.165) is 0 Å². The fourth-order valence-electron chi connectivity index (χ4n) is 1.56. The summed E-state index contributed by atoms with van der Waals surface area (Å²) < 4.78 is 5.02. The van der Waals surface area contributed by atoms with Crippen LogP contribution in [0.1, 0.15) is 23.7 Å². The summed E-state index contributed by atoms with van der Waals surface area (Å²) in [7, 11) is 1.55. The van der Waals surface area contributed by atoms with Gasteiger partial charge in [-0.2, -0.15) is 0 Å². The lowest BCUT2D eigenvalue weighted by atomic mass is 10.1. The Hall–Kier alpha value is -1.75. The van der Waals surface area contributed by atoms with E-state index in [1.807, 2.05) is 6.92 Å². The number of aliphatic hydroxyl groups is 1. The molecule has 100 valence electrons. The number of nitrogen functional groups attached to an aromatic ring is 1. The summed E-state index contributed by atoms with van der Waals surface area (Å²) in [6.45, 7) is 2.61. The Balaban J connectivity index is 2.61. The number of hydrogen-bond acceptors (Lipinski definition) is 4. The van der Waals surface area contributed by atoms with Crippen LogP contribution in [0.5, 0.6) is 5.75 Å². The summed E-state index contributed by atoms with van der Waals surface area (Å²) in [6.07, 6.45) is 0.665. The van der Waals surface area contributed by atoms with E-state index < -0.39 is 0 Å². The molecule has 0 bridgehead atoms. The van der Waals surface area contributed by atoms with Crippen LogP contribution >= 0.6 is 0 Å². The Morgan fingerprint density at radius 3 is 2.83 bits per heavy atom. The van der Waals surface area contributed by atoms with Crippen molar-refractivity contribution in [2.24, 2.45) is 5.92 Å². The molecule has 0 aliphatic rings. The van der Waals surface area contributed by atoms with Gasteiger partial charge in [0.05, 0.1) is 12.7 Å². The molecule has 0 saturated carbocycles. The van der Waals surface area contributed by atoms with E-state index in [-0.39, 0.29) is 18.4 Å². The van der Waals surface area contributed by atoms with Gasteiger partial charge in [-0.3, -0.25) is 4.79 Å². The second-order valence-electron chi connectivity index (χ2n) is 4.28. The maximum Gasteiger partial charge on any atom is 0.253 e. The third-order valence-electron chi connectivity index (χ3n) is 2.74. The van der Waals surface area contributed by atoms with E-state index in [1.165, 1.54) is 0 Å². The third kappa shape index (κ3) is 3.92. The monoisotopic (exact) mass is 252 g/mol. The van der Waals surface area contributed by atoms with E-state index in [1.54, 1.807) is 25.3 Å². The van der Waals surface area contributed by atoms with Crippen molar-refractivity contribution in [2.45, 2.75) is 13.3 Å². The fraction of sp³-hybridized carbons (Fsp3) is 0.462. The zero-order chi connectivity index (χ0) is 13.5. The largest absolute Gasteiger partial charge is 0.497 e. The molecule has 5 heteroatoms. The molecule has 18 heavy (non-hydrogen) atoms. The summed E-state index contributed by atoms with van der Waals surface area (Å²) in [5.74, 6) is 0.649. The SMILES string of the molecule is COc1ccc(C(=O)NCC(C)CCO)c(N)c1. The highest BCUT2D eigenvalue weighted by molar-refractivity contribution is 5.99. The first-order valence-corrected chi connectivity index (χ1v) is 5.91. The van der Waals surface area contributed by atoms with Gasteiger partial charge < -0.3 is 20.9 Å². The quantitative estimate of drug-likeness (QED) is 0.660. The standard InChI is InChI=1S/C13H20N2O3/c1-9(5-6-16)8-15-13(17)11-4-3-10(18-2)7-12(11)14/h3-4,7,9,16H,5-6,8,14H2,1-2H3,(H,15,17). The third-order valence-corrected chi connectivity index (χ3v) is 2.74. The number of nitrogens with two attached hydrogens (primary N) is 1. The molecule has 5 nitrogen and oxygen atoms in total. The average molecular weight is 252 g/mol. The van der Waals surface area contributed by atoms with Gasteiger partial charge in [0.2, 0.25) is 0 Å². The molecule has 0 radical (unpaired) electrons. The minimum atomic E-state index is -0.208. The Bertz CT molecular complexity index is 407. The molecule has 0 fully saturated rings. The van der Waals surface area contributed by atoms with Crippen LogP contribution in [0.2, 0.25) is 0 Å². The average Bonchev–Trinajstić information content (AvgIpc) is 2.36.